The van der Waals surface area contributed by atoms with E-state index in [0.717, 1.165) is 38.8 Å². The number of rotatable bonds is 7. The zero-order valence-electron chi connectivity index (χ0n) is 14.4. The van der Waals surface area contributed by atoms with E-state index >= 15 is 0 Å². The Morgan fingerprint density at radius 1 is 0.952 bits per heavy atom. The molecule has 2 rings (SSSR count). The van der Waals surface area contributed by atoms with Gasteiger partial charge in [-0.1, -0.05) is 0 Å². The molecule has 2 aliphatic rings. The van der Waals surface area contributed by atoms with E-state index < -0.39 is 0 Å². The van der Waals surface area contributed by atoms with E-state index in [0.29, 0.717) is 36.5 Å². The smallest absolute Gasteiger partial charge is 0.0628 e. The van der Waals surface area contributed by atoms with Crippen LogP contribution in [-0.2, 0) is 14.2 Å². The van der Waals surface area contributed by atoms with Crippen LogP contribution < -0.4 is 0 Å². The van der Waals surface area contributed by atoms with E-state index in [2.05, 4.69) is 32.6 Å². The first-order valence-corrected chi connectivity index (χ1v) is 8.55. The van der Waals surface area contributed by atoms with Crippen molar-refractivity contribution in [1.29, 1.82) is 0 Å². The number of hydrogen-bond donors (Lipinski definition) is 0. The van der Waals surface area contributed by atoms with Gasteiger partial charge in [0.25, 0.3) is 0 Å². The minimum absolute atomic E-state index is 0.323. The Labute approximate surface area is 130 Å². The van der Waals surface area contributed by atoms with Gasteiger partial charge in [-0.15, -0.1) is 0 Å². The lowest BCUT2D eigenvalue weighted by Crippen LogP contribution is -2.51. The molecule has 1 aliphatic heterocycles. The number of methoxy groups -OCH3 is 1. The average Bonchev–Trinajstić information content (AvgIpc) is 2.36. The van der Waals surface area contributed by atoms with Crippen LogP contribution in [0.5, 0.6) is 0 Å². The van der Waals surface area contributed by atoms with Crippen molar-refractivity contribution in [2.45, 2.75) is 89.9 Å². The van der Waals surface area contributed by atoms with Crippen molar-refractivity contribution in [2.24, 2.45) is 0 Å². The van der Waals surface area contributed by atoms with E-state index in [1.54, 1.807) is 7.11 Å². The maximum atomic E-state index is 6.25. The van der Waals surface area contributed by atoms with Crippen molar-refractivity contribution in [2.75, 3.05) is 20.3 Å². The summed E-state index contributed by atoms with van der Waals surface area (Å²) in [5.41, 5.74) is 0. The maximum absolute atomic E-state index is 6.25. The molecule has 4 nitrogen and oxygen atoms in total. The summed E-state index contributed by atoms with van der Waals surface area (Å²) >= 11 is 0. The zero-order valence-corrected chi connectivity index (χ0v) is 14.4. The summed E-state index contributed by atoms with van der Waals surface area (Å²) in [4.78, 5) is 2.57. The van der Waals surface area contributed by atoms with Crippen LogP contribution in [0.3, 0.4) is 0 Å². The van der Waals surface area contributed by atoms with E-state index in [-0.39, 0.29) is 0 Å². The van der Waals surface area contributed by atoms with Gasteiger partial charge in [-0.3, -0.25) is 4.90 Å². The molecule has 0 aromatic rings. The van der Waals surface area contributed by atoms with Gasteiger partial charge < -0.3 is 14.2 Å². The molecule has 0 amide bonds. The topological polar surface area (TPSA) is 30.9 Å². The summed E-state index contributed by atoms with van der Waals surface area (Å²) in [5.74, 6) is 0. The first-order valence-electron chi connectivity index (χ1n) is 8.55. The number of ether oxygens (including phenoxy) is 3. The highest BCUT2D eigenvalue weighted by Crippen LogP contribution is 2.32. The lowest BCUT2D eigenvalue weighted by molar-refractivity contribution is -0.138. The number of hydrogen-bond acceptors (Lipinski definition) is 4. The highest BCUT2D eigenvalue weighted by Gasteiger charge is 2.36. The number of nitrogens with zero attached hydrogens (tertiary/aromatic N) is 1. The summed E-state index contributed by atoms with van der Waals surface area (Å²) < 4.78 is 17.3. The van der Waals surface area contributed by atoms with Crippen LogP contribution in [0.25, 0.3) is 0 Å². The molecule has 1 saturated carbocycles. The van der Waals surface area contributed by atoms with Crippen molar-refractivity contribution in [3.63, 3.8) is 0 Å². The van der Waals surface area contributed by atoms with Gasteiger partial charge in [0.05, 0.1) is 31.0 Å². The first kappa shape index (κ1) is 17.2. The predicted octanol–water partition coefficient (Wildman–Crippen LogP) is 2.85. The van der Waals surface area contributed by atoms with Gasteiger partial charge in [0.1, 0.15) is 0 Å². The lowest BCUT2D eigenvalue weighted by Gasteiger charge is -2.45. The zero-order chi connectivity index (χ0) is 15.4. The van der Waals surface area contributed by atoms with E-state index in [1.165, 1.54) is 0 Å². The van der Waals surface area contributed by atoms with Crippen LogP contribution in [0, 0.1) is 0 Å². The van der Waals surface area contributed by atoms with Gasteiger partial charge in [-0.2, -0.15) is 0 Å². The molecular weight excluding hydrogens is 266 g/mol. The Hall–Kier alpha value is -0.160. The fourth-order valence-corrected chi connectivity index (χ4v) is 3.60. The molecule has 3 atom stereocenters. The third-order valence-electron chi connectivity index (χ3n) is 4.91. The molecule has 1 aliphatic carbocycles. The van der Waals surface area contributed by atoms with Gasteiger partial charge in [0.15, 0.2) is 0 Å². The number of likely N-dealkylation sites (tertiary alicyclic amines) is 1. The van der Waals surface area contributed by atoms with Crippen molar-refractivity contribution >= 4 is 0 Å². The van der Waals surface area contributed by atoms with Crippen molar-refractivity contribution in [1.82, 2.24) is 4.90 Å². The largest absolute Gasteiger partial charge is 0.381 e. The van der Waals surface area contributed by atoms with Crippen molar-refractivity contribution in [3.8, 4) is 0 Å². The molecule has 124 valence electrons. The van der Waals surface area contributed by atoms with Gasteiger partial charge in [-0.05, 0) is 53.4 Å². The molecule has 1 heterocycles. The van der Waals surface area contributed by atoms with Crippen LogP contribution in [0.4, 0.5) is 0 Å². The third kappa shape index (κ3) is 4.92. The van der Waals surface area contributed by atoms with E-state index in [1.807, 2.05) is 0 Å². The quantitative estimate of drug-likeness (QED) is 0.723. The van der Waals surface area contributed by atoms with Gasteiger partial charge in [0.2, 0.25) is 0 Å². The lowest BCUT2D eigenvalue weighted by atomic mass is 9.90. The molecule has 0 N–H and O–H groups in total. The van der Waals surface area contributed by atoms with Crippen LogP contribution in [-0.4, -0.2) is 61.7 Å². The summed E-state index contributed by atoms with van der Waals surface area (Å²) in [5, 5.41) is 0. The second-order valence-corrected chi connectivity index (χ2v) is 7.04. The minimum Gasteiger partial charge on any atom is -0.381 e. The summed E-state index contributed by atoms with van der Waals surface area (Å²) in [6, 6.07) is 1.15. The average molecular weight is 299 g/mol. The van der Waals surface area contributed by atoms with Crippen LogP contribution >= 0.6 is 0 Å². The predicted molar refractivity (Wildman–Crippen MR) is 84.6 cm³/mol. The normalized spacial score (nSPS) is 37.7. The second-order valence-electron chi connectivity index (χ2n) is 7.04. The molecule has 0 spiro atoms. The Morgan fingerprint density at radius 2 is 1.52 bits per heavy atom. The molecule has 2 fully saturated rings. The monoisotopic (exact) mass is 299 g/mol. The molecule has 0 aromatic heterocycles. The Balaban J connectivity index is 1.71. The third-order valence-corrected chi connectivity index (χ3v) is 4.91. The molecule has 1 saturated heterocycles. The van der Waals surface area contributed by atoms with Crippen molar-refractivity contribution < 1.29 is 14.2 Å². The fraction of sp³-hybridized carbons (Fsp3) is 1.00. The number of piperidine rings is 1. The van der Waals surface area contributed by atoms with E-state index in [4.69, 9.17) is 14.2 Å². The van der Waals surface area contributed by atoms with Crippen molar-refractivity contribution in [3.05, 3.63) is 0 Å². The standard InChI is InChI=1S/C17H33NO3/c1-12(2)20-7-6-18-13(3)8-16(9-14(18)4)21-17-10-15(11-17)19-5/h12-17H,6-11H2,1-5H3/t13-,14+,15-,16?,17-. The summed E-state index contributed by atoms with van der Waals surface area (Å²) in [6.45, 7) is 10.7. The summed E-state index contributed by atoms with van der Waals surface area (Å²) in [6.07, 6.45) is 6.02. The Morgan fingerprint density at radius 3 is 2.05 bits per heavy atom. The van der Waals surface area contributed by atoms with Gasteiger partial charge in [0, 0.05) is 25.7 Å². The second kappa shape index (κ2) is 7.91. The highest BCUT2D eigenvalue weighted by molar-refractivity contribution is 4.88. The minimum atomic E-state index is 0.323. The van der Waals surface area contributed by atoms with Crippen LogP contribution in [0.1, 0.15) is 53.4 Å². The highest BCUT2D eigenvalue weighted by atomic mass is 16.5. The molecule has 1 unspecified atom stereocenters. The van der Waals surface area contributed by atoms with Crippen LogP contribution in [0.2, 0.25) is 0 Å². The molecule has 4 heteroatoms. The fourth-order valence-electron chi connectivity index (χ4n) is 3.60. The first-order chi connectivity index (χ1) is 9.99. The van der Waals surface area contributed by atoms with Gasteiger partial charge in [-0.25, -0.2) is 0 Å². The van der Waals surface area contributed by atoms with E-state index in [9.17, 15) is 0 Å². The molecular formula is C17H33NO3. The molecule has 0 aromatic carbocycles. The SMILES string of the molecule is CO[C@H]1C[C@H](OC2C[C@@H](C)N(CCOC(C)C)[C@@H](C)C2)C1. The Kier molecular flexibility index (Phi) is 6.48. The van der Waals surface area contributed by atoms with Gasteiger partial charge >= 0.3 is 0 Å². The summed E-state index contributed by atoms with van der Waals surface area (Å²) in [7, 11) is 1.79. The van der Waals surface area contributed by atoms with Crippen LogP contribution in [0.15, 0.2) is 0 Å². The molecule has 0 radical (unpaired) electrons. The molecule has 0 bridgehead atoms. The molecule has 21 heavy (non-hydrogen) atoms. The Bertz CT molecular complexity index is 292. The maximum Gasteiger partial charge on any atom is 0.0628 e.